The van der Waals surface area contributed by atoms with Gasteiger partial charge in [0.2, 0.25) is 11.7 Å². The average molecular weight is 311 g/mol. The highest BCUT2D eigenvalue weighted by atomic mass is 16.5. The van der Waals surface area contributed by atoms with Crippen LogP contribution in [0.15, 0.2) is 41.2 Å². The Bertz CT molecular complexity index is 817. The van der Waals surface area contributed by atoms with E-state index in [0.29, 0.717) is 23.2 Å². The van der Waals surface area contributed by atoms with E-state index in [4.69, 9.17) is 10.3 Å². The summed E-state index contributed by atoms with van der Waals surface area (Å²) in [5.41, 5.74) is 7.18. The quantitative estimate of drug-likeness (QED) is 0.779. The standard InChI is InChI=1S/C16H17N5O2/c1-10(2)8-21-9-13(7-18-21)16-19-15(20-23-16)12-5-3-11(4-6-12)14(17)22/h3-7,9-10H,8H2,1-2H3,(H2,17,22). The summed E-state index contributed by atoms with van der Waals surface area (Å²) in [5, 5.41) is 8.25. The molecule has 0 atom stereocenters. The third-order valence-electron chi connectivity index (χ3n) is 3.29. The van der Waals surface area contributed by atoms with Gasteiger partial charge < -0.3 is 10.3 Å². The highest BCUT2D eigenvalue weighted by molar-refractivity contribution is 5.93. The third kappa shape index (κ3) is 3.28. The number of nitrogens with zero attached hydrogens (tertiary/aromatic N) is 4. The number of benzene rings is 1. The number of carbonyl (C=O) groups excluding carboxylic acids is 1. The molecule has 0 bridgehead atoms. The number of hydrogen-bond donors (Lipinski definition) is 1. The number of hydrogen-bond acceptors (Lipinski definition) is 5. The Labute approximate surface area is 133 Å². The Morgan fingerprint density at radius 2 is 2.00 bits per heavy atom. The predicted molar refractivity (Wildman–Crippen MR) is 84.3 cm³/mol. The highest BCUT2D eigenvalue weighted by Gasteiger charge is 2.13. The van der Waals surface area contributed by atoms with Crippen molar-refractivity contribution in [3.05, 3.63) is 42.2 Å². The summed E-state index contributed by atoms with van der Waals surface area (Å²) in [6.45, 7) is 5.08. The van der Waals surface area contributed by atoms with Crippen LogP contribution in [0.4, 0.5) is 0 Å². The van der Waals surface area contributed by atoms with E-state index in [2.05, 4.69) is 29.1 Å². The number of aromatic nitrogens is 4. The van der Waals surface area contributed by atoms with E-state index < -0.39 is 5.91 Å². The third-order valence-corrected chi connectivity index (χ3v) is 3.29. The van der Waals surface area contributed by atoms with Gasteiger partial charge in [0.1, 0.15) is 0 Å². The number of rotatable bonds is 5. The zero-order valence-corrected chi connectivity index (χ0v) is 12.9. The minimum absolute atomic E-state index is 0.411. The van der Waals surface area contributed by atoms with E-state index in [9.17, 15) is 4.79 Å². The average Bonchev–Trinajstić information content (AvgIpc) is 3.15. The van der Waals surface area contributed by atoms with Gasteiger partial charge in [-0.15, -0.1) is 0 Å². The second-order valence-electron chi connectivity index (χ2n) is 5.71. The Morgan fingerprint density at radius 3 is 2.65 bits per heavy atom. The highest BCUT2D eigenvalue weighted by Crippen LogP contribution is 2.22. The van der Waals surface area contributed by atoms with Gasteiger partial charge in [-0.25, -0.2) is 0 Å². The van der Waals surface area contributed by atoms with Crippen LogP contribution in [-0.2, 0) is 6.54 Å². The molecule has 0 saturated carbocycles. The monoisotopic (exact) mass is 311 g/mol. The van der Waals surface area contributed by atoms with Gasteiger partial charge in [0, 0.05) is 23.9 Å². The van der Waals surface area contributed by atoms with Crippen molar-refractivity contribution >= 4 is 5.91 Å². The van der Waals surface area contributed by atoms with Crippen molar-refractivity contribution in [1.82, 2.24) is 19.9 Å². The van der Waals surface area contributed by atoms with Crippen LogP contribution in [-0.4, -0.2) is 25.8 Å². The molecule has 2 N–H and O–H groups in total. The van der Waals surface area contributed by atoms with Crippen molar-refractivity contribution in [2.24, 2.45) is 11.7 Å². The van der Waals surface area contributed by atoms with Crippen LogP contribution in [0.5, 0.6) is 0 Å². The van der Waals surface area contributed by atoms with E-state index in [-0.39, 0.29) is 0 Å². The molecule has 0 fully saturated rings. The molecule has 0 aliphatic rings. The molecule has 7 heteroatoms. The molecule has 0 spiro atoms. The lowest BCUT2D eigenvalue weighted by Gasteiger charge is -2.02. The van der Waals surface area contributed by atoms with Crippen LogP contribution in [0.3, 0.4) is 0 Å². The molecule has 23 heavy (non-hydrogen) atoms. The molecule has 118 valence electrons. The molecule has 2 heterocycles. The molecular weight excluding hydrogens is 294 g/mol. The van der Waals surface area contributed by atoms with Crippen molar-refractivity contribution in [2.45, 2.75) is 20.4 Å². The van der Waals surface area contributed by atoms with Gasteiger partial charge in [-0.05, 0) is 18.1 Å². The van der Waals surface area contributed by atoms with E-state index in [1.165, 1.54) is 0 Å². The molecule has 1 aromatic carbocycles. The Balaban J connectivity index is 1.82. The first-order chi connectivity index (χ1) is 11.0. The fourth-order valence-electron chi connectivity index (χ4n) is 2.19. The zero-order chi connectivity index (χ0) is 16.4. The number of amides is 1. The first-order valence-corrected chi connectivity index (χ1v) is 7.29. The van der Waals surface area contributed by atoms with E-state index in [1.54, 1.807) is 30.5 Å². The summed E-state index contributed by atoms with van der Waals surface area (Å²) in [4.78, 5) is 15.5. The van der Waals surface area contributed by atoms with Crippen LogP contribution in [0, 0.1) is 5.92 Å². The topological polar surface area (TPSA) is 99.8 Å². The fraction of sp³-hybridized carbons (Fsp3) is 0.250. The maximum absolute atomic E-state index is 11.1. The van der Waals surface area contributed by atoms with Crippen LogP contribution in [0.2, 0.25) is 0 Å². The molecular formula is C16H17N5O2. The molecule has 3 rings (SSSR count). The zero-order valence-electron chi connectivity index (χ0n) is 12.9. The summed E-state index contributed by atoms with van der Waals surface area (Å²) in [6, 6.07) is 6.73. The van der Waals surface area contributed by atoms with Crippen molar-refractivity contribution in [1.29, 1.82) is 0 Å². The summed E-state index contributed by atoms with van der Waals surface area (Å²) in [6.07, 6.45) is 3.59. The molecule has 0 aliphatic heterocycles. The largest absolute Gasteiger partial charge is 0.366 e. The minimum Gasteiger partial charge on any atom is -0.366 e. The number of nitrogens with two attached hydrogens (primary N) is 1. The van der Waals surface area contributed by atoms with Gasteiger partial charge in [-0.2, -0.15) is 10.1 Å². The smallest absolute Gasteiger partial charge is 0.261 e. The van der Waals surface area contributed by atoms with Crippen molar-refractivity contribution in [3.63, 3.8) is 0 Å². The second-order valence-corrected chi connectivity index (χ2v) is 5.71. The van der Waals surface area contributed by atoms with Crippen molar-refractivity contribution in [3.8, 4) is 22.8 Å². The lowest BCUT2D eigenvalue weighted by atomic mass is 10.1. The second kappa shape index (κ2) is 6.04. The van der Waals surface area contributed by atoms with Gasteiger partial charge in [0.25, 0.3) is 5.89 Å². The molecule has 7 nitrogen and oxygen atoms in total. The van der Waals surface area contributed by atoms with E-state index in [1.807, 2.05) is 10.9 Å². The van der Waals surface area contributed by atoms with E-state index >= 15 is 0 Å². The van der Waals surface area contributed by atoms with Crippen LogP contribution < -0.4 is 5.73 Å². The first kappa shape index (κ1) is 15.0. The van der Waals surface area contributed by atoms with Gasteiger partial charge >= 0.3 is 0 Å². The molecule has 1 amide bonds. The Kier molecular flexibility index (Phi) is 3.92. The van der Waals surface area contributed by atoms with Gasteiger partial charge in [-0.1, -0.05) is 31.1 Å². The SMILES string of the molecule is CC(C)Cn1cc(-c2nc(-c3ccc(C(N)=O)cc3)no2)cn1. The minimum atomic E-state index is -0.470. The maximum atomic E-state index is 11.1. The maximum Gasteiger partial charge on any atom is 0.261 e. The fourth-order valence-corrected chi connectivity index (χ4v) is 2.19. The lowest BCUT2D eigenvalue weighted by Crippen LogP contribution is -2.10. The Morgan fingerprint density at radius 1 is 1.26 bits per heavy atom. The van der Waals surface area contributed by atoms with Crippen LogP contribution in [0.1, 0.15) is 24.2 Å². The molecule has 3 aromatic rings. The first-order valence-electron chi connectivity index (χ1n) is 7.29. The predicted octanol–water partition coefficient (Wildman–Crippen LogP) is 2.36. The van der Waals surface area contributed by atoms with Crippen LogP contribution in [0.25, 0.3) is 22.8 Å². The molecule has 0 saturated heterocycles. The summed E-state index contributed by atoms with van der Waals surface area (Å²) < 4.78 is 7.15. The van der Waals surface area contributed by atoms with E-state index in [0.717, 1.165) is 17.7 Å². The van der Waals surface area contributed by atoms with Crippen molar-refractivity contribution < 1.29 is 9.32 Å². The summed E-state index contributed by atoms with van der Waals surface area (Å²) in [7, 11) is 0. The number of carbonyl (C=O) groups is 1. The van der Waals surface area contributed by atoms with Crippen LogP contribution >= 0.6 is 0 Å². The van der Waals surface area contributed by atoms with Gasteiger partial charge in [0.15, 0.2) is 0 Å². The normalized spacial score (nSPS) is 11.1. The molecule has 0 aliphatic carbocycles. The van der Waals surface area contributed by atoms with Gasteiger partial charge in [0.05, 0.1) is 11.8 Å². The summed E-state index contributed by atoms with van der Waals surface area (Å²) >= 11 is 0. The molecule has 0 unspecified atom stereocenters. The lowest BCUT2D eigenvalue weighted by molar-refractivity contribution is 0.100. The van der Waals surface area contributed by atoms with Crippen molar-refractivity contribution in [2.75, 3.05) is 0 Å². The summed E-state index contributed by atoms with van der Waals surface area (Å²) in [5.74, 6) is 0.897. The Hall–Kier alpha value is -2.96. The van der Waals surface area contributed by atoms with Gasteiger partial charge in [-0.3, -0.25) is 9.48 Å². The number of primary amides is 1. The molecule has 0 radical (unpaired) electrons. The molecule has 2 aromatic heterocycles.